The van der Waals surface area contributed by atoms with Crippen LogP contribution in [0.25, 0.3) is 5.65 Å². The van der Waals surface area contributed by atoms with E-state index in [-0.39, 0.29) is 5.91 Å². The summed E-state index contributed by atoms with van der Waals surface area (Å²) in [6.07, 6.45) is 1.69. The Morgan fingerprint density at radius 1 is 1.16 bits per heavy atom. The molecule has 3 N–H and O–H groups in total. The highest BCUT2D eigenvalue weighted by atomic mass is 16.5. The highest BCUT2D eigenvalue weighted by molar-refractivity contribution is 6.04. The maximum atomic E-state index is 12.4. The molecule has 0 aliphatic carbocycles. The van der Waals surface area contributed by atoms with E-state index in [0.717, 1.165) is 18.9 Å². The van der Waals surface area contributed by atoms with E-state index in [2.05, 4.69) is 20.3 Å². The van der Waals surface area contributed by atoms with Crippen LogP contribution in [-0.2, 0) is 4.74 Å². The van der Waals surface area contributed by atoms with E-state index in [9.17, 15) is 4.79 Å². The van der Waals surface area contributed by atoms with Crippen LogP contribution in [0.4, 0.5) is 17.3 Å². The van der Waals surface area contributed by atoms with Crippen LogP contribution in [0, 0.1) is 0 Å². The van der Waals surface area contributed by atoms with Gasteiger partial charge in [-0.15, -0.1) is 0 Å². The van der Waals surface area contributed by atoms with Gasteiger partial charge in [-0.3, -0.25) is 4.79 Å². The lowest BCUT2D eigenvalue weighted by atomic mass is 10.2. The number of benzene rings is 1. The summed E-state index contributed by atoms with van der Waals surface area (Å²) in [6, 6.07) is 10.4. The predicted molar refractivity (Wildman–Crippen MR) is 94.8 cm³/mol. The van der Waals surface area contributed by atoms with Gasteiger partial charge in [0.05, 0.1) is 19.4 Å². The van der Waals surface area contributed by atoms with E-state index in [1.807, 2.05) is 12.1 Å². The van der Waals surface area contributed by atoms with Gasteiger partial charge in [0.2, 0.25) is 0 Å². The number of morpholine rings is 1. The van der Waals surface area contributed by atoms with E-state index < -0.39 is 0 Å². The minimum absolute atomic E-state index is 0.232. The fourth-order valence-corrected chi connectivity index (χ4v) is 2.80. The Hall–Kier alpha value is -3.13. The lowest BCUT2D eigenvalue weighted by molar-refractivity contribution is 0.102. The average Bonchev–Trinajstić information content (AvgIpc) is 3.11. The normalized spacial score (nSPS) is 14.6. The van der Waals surface area contributed by atoms with Gasteiger partial charge < -0.3 is 20.7 Å². The van der Waals surface area contributed by atoms with Gasteiger partial charge in [-0.05, 0) is 24.3 Å². The SMILES string of the molecule is Nc1ccc(C(=O)Nc2cc(N3CCOCC3)n3nccc3n2)cc1. The van der Waals surface area contributed by atoms with Crippen molar-refractivity contribution < 1.29 is 9.53 Å². The number of carbonyl (C=O) groups is 1. The summed E-state index contributed by atoms with van der Waals surface area (Å²) in [5, 5.41) is 7.18. The molecule has 0 bridgehead atoms. The van der Waals surface area contributed by atoms with Crippen molar-refractivity contribution in [2.75, 3.05) is 42.3 Å². The van der Waals surface area contributed by atoms with Crippen molar-refractivity contribution in [2.24, 2.45) is 0 Å². The van der Waals surface area contributed by atoms with E-state index in [1.165, 1.54) is 0 Å². The molecule has 0 spiro atoms. The van der Waals surface area contributed by atoms with E-state index in [0.29, 0.717) is 35.9 Å². The third-order valence-corrected chi connectivity index (χ3v) is 4.09. The Bertz CT molecular complexity index is 899. The standard InChI is InChI=1S/C17H18N6O2/c18-13-3-1-12(2-4-13)17(24)21-14-11-16(22-7-9-25-10-8-22)23-15(20-14)5-6-19-23/h1-6,11H,7-10,18H2,(H,20,21,24). The second-order valence-electron chi connectivity index (χ2n) is 5.78. The maximum Gasteiger partial charge on any atom is 0.256 e. The number of amides is 1. The van der Waals surface area contributed by atoms with Crippen LogP contribution in [0.5, 0.6) is 0 Å². The first-order valence-electron chi connectivity index (χ1n) is 8.05. The van der Waals surface area contributed by atoms with Crippen LogP contribution >= 0.6 is 0 Å². The van der Waals surface area contributed by atoms with Gasteiger partial charge >= 0.3 is 0 Å². The monoisotopic (exact) mass is 338 g/mol. The first-order valence-corrected chi connectivity index (χ1v) is 8.05. The zero-order chi connectivity index (χ0) is 17.2. The predicted octanol–water partition coefficient (Wildman–Crippen LogP) is 1.40. The molecule has 3 aromatic rings. The molecule has 25 heavy (non-hydrogen) atoms. The molecule has 0 unspecified atom stereocenters. The molecule has 1 aromatic carbocycles. The highest BCUT2D eigenvalue weighted by Crippen LogP contribution is 2.21. The number of carbonyl (C=O) groups excluding carboxylic acids is 1. The van der Waals surface area contributed by atoms with Crippen molar-refractivity contribution >= 4 is 28.9 Å². The van der Waals surface area contributed by atoms with E-state index in [4.69, 9.17) is 10.5 Å². The molecular formula is C17H18N6O2. The number of nitrogens with zero attached hydrogens (tertiary/aromatic N) is 4. The molecule has 0 atom stereocenters. The van der Waals surface area contributed by atoms with Crippen molar-refractivity contribution in [3.63, 3.8) is 0 Å². The summed E-state index contributed by atoms with van der Waals surface area (Å²) < 4.78 is 7.18. The van der Waals surface area contributed by atoms with Crippen LogP contribution < -0.4 is 16.0 Å². The number of nitrogens with two attached hydrogens (primary N) is 1. The molecule has 2 aromatic heterocycles. The average molecular weight is 338 g/mol. The molecule has 4 rings (SSSR count). The summed E-state index contributed by atoms with van der Waals surface area (Å²) >= 11 is 0. The summed E-state index contributed by atoms with van der Waals surface area (Å²) in [4.78, 5) is 19.1. The van der Waals surface area contributed by atoms with Crippen molar-refractivity contribution in [1.82, 2.24) is 14.6 Å². The zero-order valence-corrected chi connectivity index (χ0v) is 13.6. The Balaban J connectivity index is 1.65. The fourth-order valence-electron chi connectivity index (χ4n) is 2.80. The minimum atomic E-state index is -0.232. The molecule has 1 fully saturated rings. The molecule has 128 valence electrons. The summed E-state index contributed by atoms with van der Waals surface area (Å²) in [5.74, 6) is 1.13. The quantitative estimate of drug-likeness (QED) is 0.701. The molecular weight excluding hydrogens is 320 g/mol. The van der Waals surface area contributed by atoms with Crippen LogP contribution in [-0.4, -0.2) is 46.8 Å². The number of rotatable bonds is 3. The fraction of sp³-hybridized carbons (Fsp3) is 0.235. The minimum Gasteiger partial charge on any atom is -0.399 e. The van der Waals surface area contributed by atoms with Crippen LogP contribution in [0.3, 0.4) is 0 Å². The van der Waals surface area contributed by atoms with E-state index >= 15 is 0 Å². The van der Waals surface area contributed by atoms with Gasteiger partial charge in [0, 0.05) is 36.5 Å². The number of fused-ring (bicyclic) bond motifs is 1. The van der Waals surface area contributed by atoms with Gasteiger partial charge in [0.1, 0.15) is 11.6 Å². The molecule has 1 aliphatic heterocycles. The Labute approximate surface area is 144 Å². The number of nitrogens with one attached hydrogen (secondary N) is 1. The number of nitrogen functional groups attached to an aromatic ring is 1. The maximum absolute atomic E-state index is 12.4. The third kappa shape index (κ3) is 3.11. The molecule has 8 heteroatoms. The molecule has 1 aliphatic rings. The molecule has 1 amide bonds. The van der Waals surface area contributed by atoms with Crippen molar-refractivity contribution in [1.29, 1.82) is 0 Å². The Morgan fingerprint density at radius 3 is 2.68 bits per heavy atom. The van der Waals surface area contributed by atoms with Gasteiger partial charge in [-0.2, -0.15) is 9.61 Å². The molecule has 0 radical (unpaired) electrons. The van der Waals surface area contributed by atoms with Crippen LogP contribution in [0.1, 0.15) is 10.4 Å². The number of hydrogen-bond acceptors (Lipinski definition) is 6. The van der Waals surface area contributed by atoms with Crippen molar-refractivity contribution in [3.8, 4) is 0 Å². The Kier molecular flexibility index (Phi) is 3.95. The zero-order valence-electron chi connectivity index (χ0n) is 13.6. The number of aromatic nitrogens is 3. The van der Waals surface area contributed by atoms with Gasteiger partial charge in [0.15, 0.2) is 5.65 Å². The lowest BCUT2D eigenvalue weighted by Crippen LogP contribution is -2.37. The van der Waals surface area contributed by atoms with Crippen molar-refractivity contribution in [2.45, 2.75) is 0 Å². The van der Waals surface area contributed by atoms with Gasteiger partial charge in [-0.25, -0.2) is 4.98 Å². The number of ether oxygens (including phenoxy) is 1. The second-order valence-corrected chi connectivity index (χ2v) is 5.78. The number of anilines is 3. The summed E-state index contributed by atoms with van der Waals surface area (Å²) in [6.45, 7) is 2.87. The van der Waals surface area contributed by atoms with E-state index in [1.54, 1.807) is 35.0 Å². The topological polar surface area (TPSA) is 97.8 Å². The molecule has 3 heterocycles. The lowest BCUT2D eigenvalue weighted by Gasteiger charge is -2.29. The summed E-state index contributed by atoms with van der Waals surface area (Å²) in [5.41, 5.74) is 7.48. The van der Waals surface area contributed by atoms with Gasteiger partial charge in [0.25, 0.3) is 5.91 Å². The van der Waals surface area contributed by atoms with Gasteiger partial charge in [-0.1, -0.05) is 0 Å². The third-order valence-electron chi connectivity index (χ3n) is 4.09. The summed E-state index contributed by atoms with van der Waals surface area (Å²) in [7, 11) is 0. The first-order chi connectivity index (χ1) is 12.2. The highest BCUT2D eigenvalue weighted by Gasteiger charge is 2.17. The number of hydrogen-bond donors (Lipinski definition) is 2. The largest absolute Gasteiger partial charge is 0.399 e. The first kappa shape index (κ1) is 15.4. The smallest absolute Gasteiger partial charge is 0.256 e. The second kappa shape index (κ2) is 6.40. The van der Waals surface area contributed by atoms with Crippen LogP contribution in [0.2, 0.25) is 0 Å². The molecule has 0 saturated carbocycles. The Morgan fingerprint density at radius 2 is 1.92 bits per heavy atom. The molecule has 1 saturated heterocycles. The van der Waals surface area contributed by atoms with Crippen LogP contribution in [0.15, 0.2) is 42.6 Å². The molecule has 8 nitrogen and oxygen atoms in total. The van der Waals surface area contributed by atoms with Crippen molar-refractivity contribution in [3.05, 3.63) is 48.2 Å².